The maximum absolute atomic E-state index is 11.8. The fourth-order valence-electron chi connectivity index (χ4n) is 3.84. The fourth-order valence-corrected chi connectivity index (χ4v) is 3.84. The Morgan fingerprint density at radius 1 is 1.29 bits per heavy atom. The van der Waals surface area contributed by atoms with Crippen molar-refractivity contribution in [3.8, 4) is 0 Å². The Hall–Kier alpha value is -0.670. The van der Waals surface area contributed by atoms with E-state index in [0.29, 0.717) is 30.1 Å². The number of carbonyl (C=O) groups is 1. The molecule has 3 rings (SSSR count). The van der Waals surface area contributed by atoms with Crippen LogP contribution < -0.4 is 0 Å². The molecule has 5 atom stereocenters. The maximum Gasteiger partial charge on any atom is 0.163 e. The van der Waals surface area contributed by atoms with E-state index in [1.54, 1.807) is 6.92 Å². The Morgan fingerprint density at radius 2 is 2.00 bits per heavy atom. The summed E-state index contributed by atoms with van der Waals surface area (Å²) in [5.41, 5.74) is 0. The van der Waals surface area contributed by atoms with Crippen molar-refractivity contribution in [3.05, 3.63) is 12.2 Å². The molecule has 0 spiro atoms. The molecule has 3 heteroatoms. The molecule has 2 fully saturated rings. The number of ether oxygens (including phenoxy) is 2. The molecule has 0 radical (unpaired) electrons. The number of rotatable bonds is 2. The van der Waals surface area contributed by atoms with Crippen LogP contribution in [0.2, 0.25) is 0 Å². The van der Waals surface area contributed by atoms with Gasteiger partial charge in [-0.3, -0.25) is 4.79 Å². The van der Waals surface area contributed by atoms with Gasteiger partial charge in [-0.15, -0.1) is 0 Å². The predicted molar refractivity (Wildman–Crippen MR) is 63.3 cm³/mol. The number of Topliss-reactive ketones (excluding diaryl/α,β-unsaturated/α-hetero) is 1. The lowest BCUT2D eigenvalue weighted by molar-refractivity contribution is -0.150. The fraction of sp³-hybridized carbons (Fsp3) is 0.786. The van der Waals surface area contributed by atoms with E-state index in [1.165, 1.54) is 0 Å². The molecule has 2 aliphatic carbocycles. The van der Waals surface area contributed by atoms with Crippen LogP contribution in [0.3, 0.4) is 0 Å². The van der Waals surface area contributed by atoms with Crippen molar-refractivity contribution in [2.45, 2.75) is 39.1 Å². The van der Waals surface area contributed by atoms with Gasteiger partial charge in [-0.1, -0.05) is 12.2 Å². The van der Waals surface area contributed by atoms with Crippen molar-refractivity contribution < 1.29 is 14.3 Å². The molecule has 1 aliphatic heterocycles. The third kappa shape index (κ3) is 1.76. The van der Waals surface area contributed by atoms with E-state index in [4.69, 9.17) is 9.47 Å². The van der Waals surface area contributed by atoms with Crippen molar-refractivity contribution in [2.75, 3.05) is 6.61 Å². The highest BCUT2D eigenvalue weighted by Crippen LogP contribution is 2.51. The third-order valence-electron chi connectivity index (χ3n) is 4.45. The van der Waals surface area contributed by atoms with Gasteiger partial charge < -0.3 is 9.47 Å². The second-order valence-electron chi connectivity index (χ2n) is 6.03. The Morgan fingerprint density at radius 3 is 2.59 bits per heavy atom. The maximum atomic E-state index is 11.8. The summed E-state index contributed by atoms with van der Waals surface area (Å²) in [6, 6.07) is 0. The Bertz CT molecular complexity index is 372. The lowest BCUT2D eigenvalue weighted by Gasteiger charge is -2.30. The average Bonchev–Trinajstić information content (AvgIpc) is 2.89. The van der Waals surface area contributed by atoms with Crippen molar-refractivity contribution in [1.82, 2.24) is 0 Å². The zero-order chi connectivity index (χ0) is 12.2. The average molecular weight is 236 g/mol. The smallest absolute Gasteiger partial charge is 0.163 e. The molecule has 1 saturated carbocycles. The standard InChI is InChI=1S/C14H20O3/c1-8(15)12-9-4-5-10(6-9)13(12)11-7-16-14(2,3)17-11/h4-5,9-13H,6-7H2,1-3H3/t9-,10+,11+,12-,13+/m0/s1. The van der Waals surface area contributed by atoms with Gasteiger partial charge in [0.25, 0.3) is 0 Å². The Balaban J connectivity index is 1.83. The highest BCUT2D eigenvalue weighted by Gasteiger charge is 2.52. The largest absolute Gasteiger partial charge is 0.348 e. The highest BCUT2D eigenvalue weighted by atomic mass is 16.7. The van der Waals surface area contributed by atoms with E-state index in [-0.39, 0.29) is 12.0 Å². The molecule has 17 heavy (non-hydrogen) atoms. The lowest BCUT2D eigenvalue weighted by atomic mass is 9.77. The van der Waals surface area contributed by atoms with Crippen LogP contribution >= 0.6 is 0 Å². The minimum Gasteiger partial charge on any atom is -0.348 e. The summed E-state index contributed by atoms with van der Waals surface area (Å²) in [5.74, 6) is 1.24. The predicted octanol–water partition coefficient (Wildman–Crippen LogP) is 2.17. The summed E-state index contributed by atoms with van der Waals surface area (Å²) < 4.78 is 11.6. The zero-order valence-electron chi connectivity index (χ0n) is 10.7. The number of ketones is 1. The second kappa shape index (κ2) is 3.66. The van der Waals surface area contributed by atoms with Gasteiger partial charge in [0.2, 0.25) is 0 Å². The summed E-state index contributed by atoms with van der Waals surface area (Å²) in [6.45, 7) is 6.23. The van der Waals surface area contributed by atoms with E-state index >= 15 is 0 Å². The van der Waals surface area contributed by atoms with Crippen LogP contribution in [-0.4, -0.2) is 24.3 Å². The summed E-state index contributed by atoms with van der Waals surface area (Å²) in [5, 5.41) is 0. The molecular weight excluding hydrogens is 216 g/mol. The van der Waals surface area contributed by atoms with E-state index in [0.717, 1.165) is 6.42 Å². The number of fused-ring (bicyclic) bond motifs is 2. The van der Waals surface area contributed by atoms with Gasteiger partial charge >= 0.3 is 0 Å². The summed E-state index contributed by atoms with van der Waals surface area (Å²) in [4.78, 5) is 11.8. The number of hydrogen-bond donors (Lipinski definition) is 0. The van der Waals surface area contributed by atoms with E-state index in [9.17, 15) is 4.79 Å². The van der Waals surface area contributed by atoms with Crippen LogP contribution in [-0.2, 0) is 14.3 Å². The van der Waals surface area contributed by atoms with Crippen LogP contribution in [0.5, 0.6) is 0 Å². The minimum absolute atomic E-state index is 0.0823. The zero-order valence-corrected chi connectivity index (χ0v) is 10.7. The normalized spacial score (nSPS) is 46.6. The molecule has 0 aromatic heterocycles. The van der Waals surface area contributed by atoms with Crippen molar-refractivity contribution in [2.24, 2.45) is 23.7 Å². The number of hydrogen-bond acceptors (Lipinski definition) is 3. The Kier molecular flexibility index (Phi) is 2.46. The first-order valence-electron chi connectivity index (χ1n) is 6.48. The first-order valence-corrected chi connectivity index (χ1v) is 6.48. The molecule has 0 aromatic carbocycles. The topological polar surface area (TPSA) is 35.5 Å². The summed E-state index contributed by atoms with van der Waals surface area (Å²) in [6.07, 6.45) is 5.69. The van der Waals surface area contributed by atoms with Crippen LogP contribution in [0.1, 0.15) is 27.2 Å². The van der Waals surface area contributed by atoms with Crippen LogP contribution in [0.4, 0.5) is 0 Å². The molecule has 3 nitrogen and oxygen atoms in total. The first-order chi connectivity index (χ1) is 7.98. The first kappa shape index (κ1) is 11.4. The SMILES string of the molecule is CC(=O)[C@@H]1[C@@H]([C@H]2COC(C)(C)O2)[C@@H]2C=C[C@H]1C2. The van der Waals surface area contributed by atoms with Gasteiger partial charge in [0.15, 0.2) is 5.79 Å². The molecule has 2 bridgehead atoms. The molecule has 3 aliphatic rings. The van der Waals surface area contributed by atoms with Gasteiger partial charge in [0, 0.05) is 11.8 Å². The number of allylic oxidation sites excluding steroid dienone is 2. The summed E-state index contributed by atoms with van der Waals surface area (Å²) in [7, 11) is 0. The Labute approximate surface area is 102 Å². The quantitative estimate of drug-likeness (QED) is 0.689. The molecular formula is C14H20O3. The van der Waals surface area contributed by atoms with Crippen molar-refractivity contribution in [3.63, 3.8) is 0 Å². The van der Waals surface area contributed by atoms with Crippen molar-refractivity contribution in [1.29, 1.82) is 0 Å². The molecule has 0 unspecified atom stereocenters. The van der Waals surface area contributed by atoms with Gasteiger partial charge in [-0.2, -0.15) is 0 Å². The van der Waals surface area contributed by atoms with E-state index < -0.39 is 5.79 Å². The van der Waals surface area contributed by atoms with Gasteiger partial charge in [-0.05, 0) is 39.0 Å². The number of carbonyl (C=O) groups excluding carboxylic acids is 1. The molecule has 1 saturated heterocycles. The minimum atomic E-state index is -0.489. The lowest BCUT2D eigenvalue weighted by Crippen LogP contribution is -2.37. The van der Waals surface area contributed by atoms with Gasteiger partial charge in [0.05, 0.1) is 12.7 Å². The molecule has 0 aromatic rings. The van der Waals surface area contributed by atoms with Crippen LogP contribution in [0.25, 0.3) is 0 Å². The van der Waals surface area contributed by atoms with Gasteiger partial charge in [-0.25, -0.2) is 0 Å². The molecule has 0 amide bonds. The van der Waals surface area contributed by atoms with E-state index in [2.05, 4.69) is 12.2 Å². The second-order valence-corrected chi connectivity index (χ2v) is 6.03. The summed E-state index contributed by atoms with van der Waals surface area (Å²) >= 11 is 0. The van der Waals surface area contributed by atoms with E-state index in [1.807, 2.05) is 13.8 Å². The third-order valence-corrected chi connectivity index (χ3v) is 4.45. The van der Waals surface area contributed by atoms with Crippen LogP contribution in [0, 0.1) is 23.7 Å². The highest BCUT2D eigenvalue weighted by molar-refractivity contribution is 5.80. The van der Waals surface area contributed by atoms with Crippen molar-refractivity contribution >= 4 is 5.78 Å². The molecule has 1 heterocycles. The van der Waals surface area contributed by atoms with Crippen LogP contribution in [0.15, 0.2) is 12.2 Å². The molecule has 0 N–H and O–H groups in total. The molecule has 94 valence electrons. The monoisotopic (exact) mass is 236 g/mol. The van der Waals surface area contributed by atoms with Gasteiger partial charge in [0.1, 0.15) is 5.78 Å².